The average molecular weight is 667 g/mol. The minimum absolute atomic E-state index is 0.000571. The van der Waals surface area contributed by atoms with E-state index >= 15 is 0 Å². The van der Waals surface area contributed by atoms with E-state index < -0.39 is 28.2 Å². The first-order valence-corrected chi connectivity index (χ1v) is 17.4. The number of amides is 2. The number of rotatable bonds is 10. The van der Waals surface area contributed by atoms with Crippen LogP contribution >= 0.6 is 11.3 Å². The standard InChI is InChI=1S/C33H38N4O7S2/c1-18(2)30(28-14-25(36-44-28)13-24-12-19(3)6-11-29(24)46(41,42)43)33(40)37-16-26(38)15-27(37)32(39)35-20(4)22-7-9-23(10-8-22)31-21(5)34-17-45-31/h6-12,14,17-18,20,26-27,30,38H,13,15-16H2,1-5H3,(H,35,39)(H,41,42,43)/t20-,26+,27-,30?/m0/s1. The van der Waals surface area contributed by atoms with Gasteiger partial charge in [0.25, 0.3) is 10.1 Å². The zero-order valence-corrected chi connectivity index (χ0v) is 27.9. The van der Waals surface area contributed by atoms with Crippen LogP contribution in [0.4, 0.5) is 0 Å². The summed E-state index contributed by atoms with van der Waals surface area (Å²) in [6, 6.07) is 12.9. The predicted molar refractivity (Wildman–Crippen MR) is 173 cm³/mol. The van der Waals surface area contributed by atoms with Crippen LogP contribution in [0.1, 0.15) is 73.0 Å². The van der Waals surface area contributed by atoms with E-state index in [9.17, 15) is 27.7 Å². The molecule has 0 bridgehead atoms. The smallest absolute Gasteiger partial charge is 0.294 e. The fourth-order valence-corrected chi connectivity index (χ4v) is 7.48. The average Bonchev–Trinajstić information content (AvgIpc) is 3.72. The summed E-state index contributed by atoms with van der Waals surface area (Å²) in [5.74, 6) is -1.53. The summed E-state index contributed by atoms with van der Waals surface area (Å²) >= 11 is 1.57. The van der Waals surface area contributed by atoms with Crippen LogP contribution in [0.5, 0.6) is 0 Å². The van der Waals surface area contributed by atoms with Gasteiger partial charge in [0.2, 0.25) is 11.8 Å². The van der Waals surface area contributed by atoms with Crippen molar-refractivity contribution in [3.8, 4) is 10.4 Å². The molecule has 1 saturated heterocycles. The summed E-state index contributed by atoms with van der Waals surface area (Å²) in [6.07, 6.45) is -0.711. The Bertz CT molecular complexity index is 1830. The summed E-state index contributed by atoms with van der Waals surface area (Å²) in [5.41, 5.74) is 6.24. The van der Waals surface area contributed by atoms with Gasteiger partial charge in [0.1, 0.15) is 17.7 Å². The Morgan fingerprint density at radius 3 is 2.46 bits per heavy atom. The van der Waals surface area contributed by atoms with E-state index in [1.807, 2.05) is 57.5 Å². The molecular weight excluding hydrogens is 629 g/mol. The number of hydrogen-bond donors (Lipinski definition) is 3. The van der Waals surface area contributed by atoms with Crippen LogP contribution in [0, 0.1) is 19.8 Å². The maximum absolute atomic E-state index is 14.0. The molecule has 3 heterocycles. The monoisotopic (exact) mass is 666 g/mol. The fraction of sp³-hybridized carbons (Fsp3) is 0.394. The molecule has 11 nitrogen and oxygen atoms in total. The molecule has 5 rings (SSSR count). The first kappa shape index (κ1) is 33.5. The van der Waals surface area contributed by atoms with Crippen molar-refractivity contribution in [1.82, 2.24) is 20.4 Å². The van der Waals surface area contributed by atoms with E-state index in [1.165, 1.54) is 11.0 Å². The minimum Gasteiger partial charge on any atom is -0.391 e. The second-order valence-electron chi connectivity index (χ2n) is 12.2. The van der Waals surface area contributed by atoms with Gasteiger partial charge in [-0.3, -0.25) is 14.1 Å². The molecule has 4 atom stereocenters. The highest BCUT2D eigenvalue weighted by molar-refractivity contribution is 7.85. The molecule has 1 unspecified atom stereocenters. The molecule has 2 aromatic heterocycles. The van der Waals surface area contributed by atoms with Crippen LogP contribution in [0.3, 0.4) is 0 Å². The van der Waals surface area contributed by atoms with Crippen LogP contribution in [0.2, 0.25) is 0 Å². The van der Waals surface area contributed by atoms with Gasteiger partial charge in [-0.2, -0.15) is 8.42 Å². The molecule has 1 aliphatic rings. The molecule has 244 valence electrons. The van der Waals surface area contributed by atoms with Crippen molar-refractivity contribution < 1.29 is 32.2 Å². The molecule has 1 aliphatic heterocycles. The largest absolute Gasteiger partial charge is 0.391 e. The van der Waals surface area contributed by atoms with E-state index in [4.69, 9.17) is 4.52 Å². The SMILES string of the molecule is Cc1ccc(S(=O)(=O)O)c(Cc2cc(C(C(=O)N3C[C@H](O)C[C@H]3C(=O)N[C@@H](C)c3ccc(-c4scnc4C)cc3)C(C)C)on2)c1. The number of hydrogen-bond acceptors (Lipinski definition) is 9. The Kier molecular flexibility index (Phi) is 9.78. The Hall–Kier alpha value is -3.91. The number of aliphatic hydroxyl groups is 1. The van der Waals surface area contributed by atoms with Gasteiger partial charge in [-0.1, -0.05) is 61.0 Å². The molecular formula is C33H38N4O7S2. The van der Waals surface area contributed by atoms with E-state index in [0.29, 0.717) is 11.3 Å². The molecule has 2 aromatic carbocycles. The molecule has 13 heteroatoms. The lowest BCUT2D eigenvalue weighted by molar-refractivity contribution is -0.141. The summed E-state index contributed by atoms with van der Waals surface area (Å²) in [5, 5.41) is 17.7. The van der Waals surface area contributed by atoms with Gasteiger partial charge < -0.3 is 19.8 Å². The summed E-state index contributed by atoms with van der Waals surface area (Å²) in [4.78, 5) is 34.1. The third-order valence-corrected chi connectivity index (χ3v) is 10.3. The number of aromatic nitrogens is 2. The van der Waals surface area contributed by atoms with E-state index in [-0.39, 0.29) is 53.8 Å². The number of carbonyl (C=O) groups is 2. The summed E-state index contributed by atoms with van der Waals surface area (Å²) < 4.78 is 39.2. The number of aryl methyl sites for hydroxylation is 2. The van der Waals surface area contributed by atoms with Crippen LogP contribution in [0.15, 0.2) is 63.5 Å². The van der Waals surface area contributed by atoms with E-state index in [0.717, 1.165) is 27.3 Å². The lowest BCUT2D eigenvalue weighted by Crippen LogP contribution is -2.48. The van der Waals surface area contributed by atoms with Crippen molar-refractivity contribution in [1.29, 1.82) is 0 Å². The second kappa shape index (κ2) is 13.4. The number of nitrogens with one attached hydrogen (secondary N) is 1. The molecule has 1 fully saturated rings. The van der Waals surface area contributed by atoms with Crippen molar-refractivity contribution in [2.24, 2.45) is 5.92 Å². The number of nitrogens with zero attached hydrogens (tertiary/aromatic N) is 3. The maximum Gasteiger partial charge on any atom is 0.294 e. The Morgan fingerprint density at radius 2 is 1.83 bits per heavy atom. The van der Waals surface area contributed by atoms with Crippen molar-refractivity contribution in [3.05, 3.63) is 87.9 Å². The highest BCUT2D eigenvalue weighted by atomic mass is 32.2. The highest BCUT2D eigenvalue weighted by Crippen LogP contribution is 2.33. The Morgan fingerprint density at radius 1 is 1.11 bits per heavy atom. The minimum atomic E-state index is -4.46. The maximum atomic E-state index is 14.0. The predicted octanol–water partition coefficient (Wildman–Crippen LogP) is 4.83. The first-order valence-electron chi connectivity index (χ1n) is 15.0. The summed E-state index contributed by atoms with van der Waals surface area (Å²) in [7, 11) is -4.46. The van der Waals surface area contributed by atoms with Crippen LogP contribution in [-0.4, -0.2) is 63.6 Å². The van der Waals surface area contributed by atoms with Crippen molar-refractivity contribution in [3.63, 3.8) is 0 Å². The third-order valence-electron chi connectivity index (χ3n) is 8.32. The zero-order valence-electron chi connectivity index (χ0n) is 26.3. The molecule has 0 spiro atoms. The van der Waals surface area contributed by atoms with Crippen molar-refractivity contribution in [2.45, 2.75) is 76.5 Å². The van der Waals surface area contributed by atoms with Gasteiger partial charge in [0.15, 0.2) is 0 Å². The lowest BCUT2D eigenvalue weighted by atomic mass is 9.91. The molecule has 3 N–H and O–H groups in total. The van der Waals surface area contributed by atoms with Gasteiger partial charge in [0.05, 0.1) is 38.8 Å². The molecule has 0 aliphatic carbocycles. The van der Waals surface area contributed by atoms with E-state index in [2.05, 4.69) is 15.5 Å². The number of aliphatic hydroxyl groups excluding tert-OH is 1. The van der Waals surface area contributed by atoms with E-state index in [1.54, 1.807) is 36.5 Å². The topological polar surface area (TPSA) is 163 Å². The Balaban J connectivity index is 1.31. The van der Waals surface area contributed by atoms with Gasteiger partial charge in [0, 0.05) is 25.5 Å². The number of likely N-dealkylation sites (tertiary alicyclic amines) is 1. The van der Waals surface area contributed by atoms with Gasteiger partial charge in [-0.25, -0.2) is 4.98 Å². The molecule has 4 aromatic rings. The normalized spacial score (nSPS) is 18.1. The number of carbonyl (C=O) groups excluding carboxylic acids is 2. The molecule has 46 heavy (non-hydrogen) atoms. The van der Waals surface area contributed by atoms with Crippen molar-refractivity contribution >= 4 is 33.3 Å². The van der Waals surface area contributed by atoms with Gasteiger partial charge >= 0.3 is 0 Å². The van der Waals surface area contributed by atoms with Crippen LogP contribution < -0.4 is 5.32 Å². The molecule has 0 saturated carbocycles. The van der Waals surface area contributed by atoms with Crippen LogP contribution in [-0.2, 0) is 26.1 Å². The highest BCUT2D eigenvalue weighted by Gasteiger charge is 2.43. The van der Waals surface area contributed by atoms with Crippen molar-refractivity contribution in [2.75, 3.05) is 6.54 Å². The van der Waals surface area contributed by atoms with Crippen LogP contribution in [0.25, 0.3) is 10.4 Å². The first-order chi connectivity index (χ1) is 21.7. The Labute approximate surface area is 272 Å². The quantitative estimate of drug-likeness (QED) is 0.201. The lowest BCUT2D eigenvalue weighted by Gasteiger charge is -2.29. The van der Waals surface area contributed by atoms with Gasteiger partial charge in [-0.15, -0.1) is 11.3 Å². The number of benzene rings is 2. The zero-order chi connectivity index (χ0) is 33.3. The second-order valence-corrected chi connectivity index (χ2v) is 14.5. The number of β-amino-alcohol motifs (C(OH)–C–C–N with tert-alkyl or cyclic N) is 1. The molecule has 0 radical (unpaired) electrons. The summed E-state index contributed by atoms with van der Waals surface area (Å²) in [6.45, 7) is 9.34. The third kappa shape index (κ3) is 7.22. The van der Waals surface area contributed by atoms with Gasteiger partial charge in [-0.05, 0) is 49.4 Å². The molecule has 2 amide bonds. The number of thiazole rings is 1. The fourth-order valence-electron chi connectivity index (χ4n) is 5.97.